The molecule has 0 atom stereocenters. The van der Waals surface area contributed by atoms with Crippen LogP contribution in [-0.4, -0.2) is 37.2 Å². The Hall–Kier alpha value is -1.60. The SMILES string of the molecule is CC(C)NC(=O)CCS(=O)(=O)c1ccc(Cl)c(C(=O)O)c1. The minimum atomic E-state index is -3.75. The van der Waals surface area contributed by atoms with Crippen molar-refractivity contribution in [1.29, 1.82) is 0 Å². The fourth-order valence-corrected chi connectivity index (χ4v) is 3.06. The number of sulfone groups is 1. The molecular weight excluding hydrogens is 318 g/mol. The van der Waals surface area contributed by atoms with Crippen molar-refractivity contribution in [1.82, 2.24) is 5.32 Å². The van der Waals surface area contributed by atoms with Gasteiger partial charge in [-0.2, -0.15) is 0 Å². The highest BCUT2D eigenvalue weighted by Gasteiger charge is 2.20. The van der Waals surface area contributed by atoms with E-state index >= 15 is 0 Å². The molecule has 0 saturated heterocycles. The van der Waals surface area contributed by atoms with E-state index in [0.29, 0.717) is 0 Å². The minimum Gasteiger partial charge on any atom is -0.478 e. The number of carbonyl (C=O) groups is 2. The van der Waals surface area contributed by atoms with Gasteiger partial charge in [-0.25, -0.2) is 13.2 Å². The number of benzene rings is 1. The first-order chi connectivity index (χ1) is 9.63. The zero-order valence-corrected chi connectivity index (χ0v) is 13.2. The van der Waals surface area contributed by atoms with E-state index in [2.05, 4.69) is 5.32 Å². The molecule has 0 spiro atoms. The van der Waals surface area contributed by atoms with E-state index < -0.39 is 21.6 Å². The molecule has 0 bridgehead atoms. The molecule has 0 radical (unpaired) electrons. The fraction of sp³-hybridized carbons (Fsp3) is 0.385. The van der Waals surface area contributed by atoms with E-state index in [-0.39, 0.29) is 33.9 Å². The lowest BCUT2D eigenvalue weighted by molar-refractivity contribution is -0.121. The van der Waals surface area contributed by atoms with Crippen molar-refractivity contribution in [3.63, 3.8) is 0 Å². The summed E-state index contributed by atoms with van der Waals surface area (Å²) in [6, 6.07) is 3.37. The molecule has 0 heterocycles. The molecule has 0 aromatic heterocycles. The van der Waals surface area contributed by atoms with Gasteiger partial charge in [-0.3, -0.25) is 4.79 Å². The van der Waals surface area contributed by atoms with E-state index in [1.807, 2.05) is 0 Å². The van der Waals surface area contributed by atoms with Crippen LogP contribution in [0.2, 0.25) is 5.02 Å². The van der Waals surface area contributed by atoms with Crippen LogP contribution in [0.1, 0.15) is 30.6 Å². The lowest BCUT2D eigenvalue weighted by Gasteiger charge is -2.09. The fourth-order valence-electron chi connectivity index (χ4n) is 1.60. The zero-order valence-electron chi connectivity index (χ0n) is 11.6. The molecule has 0 aliphatic heterocycles. The number of carboxylic acids is 1. The second-order valence-corrected chi connectivity index (χ2v) is 7.25. The van der Waals surface area contributed by atoms with Gasteiger partial charge in [0, 0.05) is 12.5 Å². The Bertz CT molecular complexity index is 655. The number of halogens is 1. The molecular formula is C13H16ClNO5S. The number of hydrogen-bond donors (Lipinski definition) is 2. The summed E-state index contributed by atoms with van der Waals surface area (Å²) in [5.74, 6) is -2.08. The molecule has 6 nitrogen and oxygen atoms in total. The molecule has 0 aliphatic carbocycles. The quantitative estimate of drug-likeness (QED) is 0.825. The van der Waals surface area contributed by atoms with Crippen LogP contribution in [-0.2, 0) is 14.6 Å². The highest BCUT2D eigenvalue weighted by Crippen LogP contribution is 2.21. The molecule has 0 unspecified atom stereocenters. The number of carbonyl (C=O) groups excluding carboxylic acids is 1. The summed E-state index contributed by atoms with van der Waals surface area (Å²) >= 11 is 5.69. The van der Waals surface area contributed by atoms with Crippen molar-refractivity contribution in [3.8, 4) is 0 Å². The molecule has 0 aliphatic rings. The van der Waals surface area contributed by atoms with Gasteiger partial charge in [0.1, 0.15) is 0 Å². The van der Waals surface area contributed by atoms with Gasteiger partial charge in [0.2, 0.25) is 5.91 Å². The summed E-state index contributed by atoms with van der Waals surface area (Å²) < 4.78 is 24.2. The number of carboxylic acid groups (broad SMARTS) is 1. The second-order valence-electron chi connectivity index (χ2n) is 4.74. The van der Waals surface area contributed by atoms with Crippen molar-refractivity contribution in [2.24, 2.45) is 0 Å². The van der Waals surface area contributed by atoms with Crippen molar-refractivity contribution in [3.05, 3.63) is 28.8 Å². The van der Waals surface area contributed by atoms with E-state index in [9.17, 15) is 18.0 Å². The minimum absolute atomic E-state index is 0.0426. The second kappa shape index (κ2) is 6.91. The Morgan fingerprint density at radius 2 is 1.95 bits per heavy atom. The van der Waals surface area contributed by atoms with Gasteiger partial charge in [-0.1, -0.05) is 11.6 Å². The van der Waals surface area contributed by atoms with Crippen LogP contribution in [0.4, 0.5) is 0 Å². The predicted molar refractivity (Wildman–Crippen MR) is 78.4 cm³/mol. The summed E-state index contributed by atoms with van der Waals surface area (Å²) in [6.07, 6.45) is -0.189. The number of hydrogen-bond acceptors (Lipinski definition) is 4. The standard InChI is InChI=1S/C13H16ClNO5S/c1-8(2)15-12(16)5-6-21(19,20)9-3-4-11(14)10(7-9)13(17)18/h3-4,7-8H,5-6H2,1-2H3,(H,15,16)(H,17,18). The van der Waals surface area contributed by atoms with Gasteiger partial charge in [0.25, 0.3) is 0 Å². The molecule has 2 N–H and O–H groups in total. The maximum Gasteiger partial charge on any atom is 0.337 e. The van der Waals surface area contributed by atoms with Crippen LogP contribution in [0.3, 0.4) is 0 Å². The van der Waals surface area contributed by atoms with Crippen LogP contribution in [0.25, 0.3) is 0 Å². The van der Waals surface area contributed by atoms with Crippen LogP contribution >= 0.6 is 11.6 Å². The van der Waals surface area contributed by atoms with Gasteiger partial charge in [0.05, 0.1) is 21.2 Å². The molecule has 1 aromatic rings. The molecule has 1 aromatic carbocycles. The molecule has 1 rings (SSSR count). The first-order valence-corrected chi connectivity index (χ1v) is 8.21. The van der Waals surface area contributed by atoms with Gasteiger partial charge in [-0.05, 0) is 32.0 Å². The monoisotopic (exact) mass is 333 g/mol. The van der Waals surface area contributed by atoms with Crippen LogP contribution in [0.15, 0.2) is 23.1 Å². The van der Waals surface area contributed by atoms with Crippen molar-refractivity contribution >= 4 is 33.3 Å². The molecule has 0 fully saturated rings. The van der Waals surface area contributed by atoms with E-state index in [4.69, 9.17) is 16.7 Å². The van der Waals surface area contributed by atoms with Crippen molar-refractivity contribution in [2.75, 3.05) is 5.75 Å². The maximum absolute atomic E-state index is 12.1. The lowest BCUT2D eigenvalue weighted by Crippen LogP contribution is -2.31. The maximum atomic E-state index is 12.1. The summed E-state index contributed by atoms with van der Waals surface area (Å²) in [6.45, 7) is 3.54. The summed E-state index contributed by atoms with van der Waals surface area (Å²) in [5.41, 5.74) is -0.288. The average molecular weight is 334 g/mol. The number of rotatable bonds is 6. The smallest absolute Gasteiger partial charge is 0.337 e. The summed E-state index contributed by atoms with van der Waals surface area (Å²) in [4.78, 5) is 22.2. The van der Waals surface area contributed by atoms with Gasteiger partial charge < -0.3 is 10.4 Å². The average Bonchev–Trinajstić information content (AvgIpc) is 2.35. The Morgan fingerprint density at radius 3 is 2.48 bits per heavy atom. The van der Waals surface area contributed by atoms with E-state index in [1.165, 1.54) is 12.1 Å². The Balaban J connectivity index is 2.91. The third kappa shape index (κ3) is 5.02. The normalized spacial score (nSPS) is 11.4. The number of aromatic carboxylic acids is 1. The first-order valence-electron chi connectivity index (χ1n) is 6.18. The molecule has 1 amide bonds. The van der Waals surface area contributed by atoms with E-state index in [0.717, 1.165) is 6.07 Å². The van der Waals surface area contributed by atoms with Crippen molar-refractivity contribution in [2.45, 2.75) is 31.2 Å². The number of nitrogens with one attached hydrogen (secondary N) is 1. The Labute approximate surface area is 128 Å². The Kier molecular flexibility index (Phi) is 5.74. The van der Waals surface area contributed by atoms with Gasteiger partial charge in [-0.15, -0.1) is 0 Å². The largest absolute Gasteiger partial charge is 0.478 e. The Morgan fingerprint density at radius 1 is 1.33 bits per heavy atom. The lowest BCUT2D eigenvalue weighted by atomic mass is 10.2. The van der Waals surface area contributed by atoms with Crippen molar-refractivity contribution < 1.29 is 23.1 Å². The molecule has 8 heteroatoms. The van der Waals surface area contributed by atoms with Crippen LogP contribution in [0, 0.1) is 0 Å². The third-order valence-corrected chi connectivity index (χ3v) is 4.62. The third-order valence-electron chi connectivity index (χ3n) is 2.57. The van der Waals surface area contributed by atoms with E-state index in [1.54, 1.807) is 13.8 Å². The highest BCUT2D eigenvalue weighted by molar-refractivity contribution is 7.91. The predicted octanol–water partition coefficient (Wildman–Crippen LogP) is 1.73. The van der Waals surface area contributed by atoms with Gasteiger partial charge in [0.15, 0.2) is 9.84 Å². The summed E-state index contributed by atoms with van der Waals surface area (Å²) in [7, 11) is -3.75. The molecule has 0 saturated carbocycles. The summed E-state index contributed by atoms with van der Waals surface area (Å²) in [5, 5.41) is 11.5. The molecule has 116 valence electrons. The van der Waals surface area contributed by atoms with Crippen LogP contribution in [0.5, 0.6) is 0 Å². The highest BCUT2D eigenvalue weighted by atomic mass is 35.5. The van der Waals surface area contributed by atoms with Gasteiger partial charge >= 0.3 is 5.97 Å². The first kappa shape index (κ1) is 17.5. The topological polar surface area (TPSA) is 101 Å². The van der Waals surface area contributed by atoms with Crippen LogP contribution < -0.4 is 5.32 Å². The zero-order chi connectivity index (χ0) is 16.2. The number of amides is 1. The molecule has 21 heavy (non-hydrogen) atoms.